The van der Waals surface area contributed by atoms with Crippen molar-refractivity contribution in [2.45, 2.75) is 26.9 Å². The lowest BCUT2D eigenvalue weighted by Crippen LogP contribution is -2.10. The monoisotopic (exact) mass is 329 g/mol. The van der Waals surface area contributed by atoms with Crippen molar-refractivity contribution in [2.24, 2.45) is 0 Å². The second-order valence-corrected chi connectivity index (χ2v) is 5.69. The molecule has 2 heterocycles. The van der Waals surface area contributed by atoms with E-state index < -0.39 is 0 Å². The molecule has 3 aromatic rings. The second kappa shape index (κ2) is 6.88. The number of anilines is 1. The number of hydrogen-bond donors (Lipinski definition) is 2. The van der Waals surface area contributed by atoms with Crippen LogP contribution >= 0.6 is 0 Å². The average Bonchev–Trinajstić information content (AvgIpc) is 3.15. The van der Waals surface area contributed by atoms with Crippen LogP contribution in [0.5, 0.6) is 0 Å². The van der Waals surface area contributed by atoms with Gasteiger partial charge >= 0.3 is 0 Å². The van der Waals surface area contributed by atoms with Gasteiger partial charge in [0.1, 0.15) is 17.4 Å². The van der Waals surface area contributed by atoms with Crippen LogP contribution in [0.3, 0.4) is 0 Å². The highest BCUT2D eigenvalue weighted by atomic mass is 19.1. The van der Waals surface area contributed by atoms with E-state index >= 15 is 0 Å². The van der Waals surface area contributed by atoms with Gasteiger partial charge in [-0.25, -0.2) is 9.07 Å². The van der Waals surface area contributed by atoms with E-state index in [9.17, 15) is 9.50 Å². The second-order valence-electron chi connectivity index (χ2n) is 5.69. The van der Waals surface area contributed by atoms with Crippen molar-refractivity contribution in [3.63, 3.8) is 0 Å². The van der Waals surface area contributed by atoms with E-state index in [1.54, 1.807) is 23.9 Å². The van der Waals surface area contributed by atoms with Crippen LogP contribution in [0.25, 0.3) is 11.3 Å². The largest absolute Gasteiger partial charge is 0.469 e. The van der Waals surface area contributed by atoms with E-state index in [0.717, 1.165) is 28.4 Å². The molecule has 0 bridgehead atoms. The van der Waals surface area contributed by atoms with Crippen LogP contribution in [-0.4, -0.2) is 21.5 Å². The molecule has 2 N–H and O–H groups in total. The van der Waals surface area contributed by atoms with Gasteiger partial charge < -0.3 is 14.8 Å². The van der Waals surface area contributed by atoms with Gasteiger partial charge in [-0.3, -0.25) is 0 Å². The topological polar surface area (TPSA) is 63.2 Å². The first-order valence-corrected chi connectivity index (χ1v) is 7.80. The SMILES string of the molecule is Cc1ccc(CNc2cc(-c3ccoc3C)nn2CCO)cc1F. The summed E-state index contributed by atoms with van der Waals surface area (Å²) in [4.78, 5) is 0. The van der Waals surface area contributed by atoms with Crippen LogP contribution < -0.4 is 5.32 Å². The predicted molar refractivity (Wildman–Crippen MR) is 90.2 cm³/mol. The van der Waals surface area contributed by atoms with Gasteiger partial charge in [-0.15, -0.1) is 0 Å². The van der Waals surface area contributed by atoms with E-state index in [-0.39, 0.29) is 12.4 Å². The molecular formula is C18H20FN3O2. The maximum atomic E-state index is 13.7. The molecule has 0 amide bonds. The Labute approximate surface area is 139 Å². The first-order chi connectivity index (χ1) is 11.6. The Morgan fingerprint density at radius 3 is 2.75 bits per heavy atom. The molecule has 0 fully saturated rings. The molecule has 0 unspecified atom stereocenters. The summed E-state index contributed by atoms with van der Waals surface area (Å²) in [6, 6.07) is 8.94. The fraction of sp³-hybridized carbons (Fsp3) is 0.278. The lowest BCUT2D eigenvalue weighted by molar-refractivity contribution is 0.270. The van der Waals surface area contributed by atoms with Crippen LogP contribution in [0.15, 0.2) is 41.0 Å². The molecule has 0 saturated heterocycles. The Hall–Kier alpha value is -2.60. The highest BCUT2D eigenvalue weighted by Crippen LogP contribution is 2.26. The number of nitrogens with zero attached hydrogens (tertiary/aromatic N) is 2. The van der Waals surface area contributed by atoms with Crippen molar-refractivity contribution in [1.82, 2.24) is 9.78 Å². The fourth-order valence-electron chi connectivity index (χ4n) is 2.55. The number of aryl methyl sites for hydroxylation is 2. The molecule has 5 nitrogen and oxygen atoms in total. The molecule has 2 aromatic heterocycles. The quantitative estimate of drug-likeness (QED) is 0.726. The molecule has 0 radical (unpaired) electrons. The normalized spacial score (nSPS) is 11.0. The number of nitrogens with one attached hydrogen (secondary N) is 1. The first-order valence-electron chi connectivity index (χ1n) is 7.80. The van der Waals surface area contributed by atoms with Gasteiger partial charge in [0.25, 0.3) is 0 Å². The minimum Gasteiger partial charge on any atom is -0.469 e. The number of aliphatic hydroxyl groups is 1. The maximum Gasteiger partial charge on any atom is 0.126 e. The molecule has 126 valence electrons. The van der Waals surface area contributed by atoms with Crippen LogP contribution in [0.2, 0.25) is 0 Å². The van der Waals surface area contributed by atoms with Gasteiger partial charge in [-0.05, 0) is 37.1 Å². The Balaban J connectivity index is 1.82. The van der Waals surface area contributed by atoms with E-state index in [4.69, 9.17) is 4.42 Å². The zero-order valence-electron chi connectivity index (χ0n) is 13.7. The zero-order valence-corrected chi connectivity index (χ0v) is 13.7. The molecule has 0 atom stereocenters. The van der Waals surface area contributed by atoms with Gasteiger partial charge in [-0.1, -0.05) is 12.1 Å². The third kappa shape index (κ3) is 3.33. The number of aliphatic hydroxyl groups excluding tert-OH is 1. The van der Waals surface area contributed by atoms with E-state index in [2.05, 4.69) is 10.4 Å². The molecule has 0 spiro atoms. The molecule has 3 rings (SSSR count). The minimum absolute atomic E-state index is 0.0146. The van der Waals surface area contributed by atoms with E-state index in [0.29, 0.717) is 18.7 Å². The van der Waals surface area contributed by atoms with E-state index in [1.807, 2.05) is 25.1 Å². The van der Waals surface area contributed by atoms with Gasteiger partial charge in [0.05, 0.1) is 25.1 Å². The fourth-order valence-corrected chi connectivity index (χ4v) is 2.55. The molecule has 1 aromatic carbocycles. The van der Waals surface area contributed by atoms with Crippen LogP contribution in [0.4, 0.5) is 10.2 Å². The summed E-state index contributed by atoms with van der Waals surface area (Å²) in [5.41, 5.74) is 3.15. The molecule has 0 aliphatic carbocycles. The molecule has 6 heteroatoms. The maximum absolute atomic E-state index is 13.7. The number of furan rings is 1. The number of aromatic nitrogens is 2. The van der Waals surface area contributed by atoms with Crippen LogP contribution in [0.1, 0.15) is 16.9 Å². The van der Waals surface area contributed by atoms with Crippen molar-refractivity contribution >= 4 is 5.82 Å². The van der Waals surface area contributed by atoms with Crippen molar-refractivity contribution in [1.29, 1.82) is 0 Å². The summed E-state index contributed by atoms with van der Waals surface area (Å²) in [5, 5.41) is 17.0. The Morgan fingerprint density at radius 1 is 1.25 bits per heavy atom. The highest BCUT2D eigenvalue weighted by Gasteiger charge is 2.13. The third-order valence-corrected chi connectivity index (χ3v) is 3.94. The Bertz CT molecular complexity index is 839. The van der Waals surface area contributed by atoms with Crippen LogP contribution in [0, 0.1) is 19.7 Å². The number of rotatable bonds is 6. The summed E-state index contributed by atoms with van der Waals surface area (Å²) < 4.78 is 20.7. The Kier molecular flexibility index (Phi) is 4.66. The predicted octanol–water partition coefficient (Wildman–Crippen LogP) is 3.50. The van der Waals surface area contributed by atoms with E-state index in [1.165, 1.54) is 6.07 Å². The first kappa shape index (κ1) is 16.3. The van der Waals surface area contributed by atoms with Gasteiger partial charge in [0, 0.05) is 18.2 Å². The van der Waals surface area contributed by atoms with Gasteiger partial charge in [0.2, 0.25) is 0 Å². The lowest BCUT2D eigenvalue weighted by atomic mass is 10.1. The number of halogens is 1. The molecule has 0 aliphatic rings. The standard InChI is InChI=1S/C18H20FN3O2/c1-12-3-4-14(9-16(12)19)11-20-18-10-17(21-22(18)6-7-23)15-5-8-24-13(15)2/h3-5,8-10,20,23H,6-7,11H2,1-2H3. The van der Waals surface area contributed by atoms with Gasteiger partial charge in [-0.2, -0.15) is 5.10 Å². The van der Waals surface area contributed by atoms with Crippen molar-refractivity contribution in [3.8, 4) is 11.3 Å². The Morgan fingerprint density at radius 2 is 2.08 bits per heavy atom. The molecule has 0 saturated carbocycles. The van der Waals surface area contributed by atoms with Crippen LogP contribution in [-0.2, 0) is 13.1 Å². The summed E-state index contributed by atoms with van der Waals surface area (Å²) in [5.74, 6) is 1.34. The summed E-state index contributed by atoms with van der Waals surface area (Å²) >= 11 is 0. The van der Waals surface area contributed by atoms with Gasteiger partial charge in [0.15, 0.2) is 0 Å². The minimum atomic E-state index is -0.215. The average molecular weight is 329 g/mol. The third-order valence-electron chi connectivity index (χ3n) is 3.94. The number of benzene rings is 1. The highest BCUT2D eigenvalue weighted by molar-refractivity contribution is 5.64. The lowest BCUT2D eigenvalue weighted by Gasteiger charge is -2.09. The van der Waals surface area contributed by atoms with Crippen molar-refractivity contribution in [3.05, 3.63) is 59.3 Å². The zero-order chi connectivity index (χ0) is 17.1. The summed E-state index contributed by atoms with van der Waals surface area (Å²) in [6.07, 6.45) is 1.62. The molecular weight excluding hydrogens is 309 g/mol. The number of hydrogen-bond acceptors (Lipinski definition) is 4. The van der Waals surface area contributed by atoms with Crippen molar-refractivity contribution < 1.29 is 13.9 Å². The van der Waals surface area contributed by atoms with Crippen molar-refractivity contribution in [2.75, 3.05) is 11.9 Å². The summed E-state index contributed by atoms with van der Waals surface area (Å²) in [7, 11) is 0. The summed E-state index contributed by atoms with van der Waals surface area (Å²) in [6.45, 7) is 4.45. The molecule has 0 aliphatic heterocycles. The molecule has 24 heavy (non-hydrogen) atoms. The smallest absolute Gasteiger partial charge is 0.126 e.